The smallest absolute Gasteiger partial charge is 0.325 e. The van der Waals surface area contributed by atoms with Crippen LogP contribution in [-0.4, -0.2) is 35.7 Å². The van der Waals surface area contributed by atoms with E-state index in [1.54, 1.807) is 36.4 Å². The van der Waals surface area contributed by atoms with E-state index in [-0.39, 0.29) is 12.2 Å². The normalized spacial score (nSPS) is 10.2. The van der Waals surface area contributed by atoms with Gasteiger partial charge in [0.25, 0.3) is 11.6 Å². The molecule has 3 aromatic carbocycles. The topological polar surface area (TPSA) is 125 Å². The number of aryl methyl sites for hydroxylation is 1. The molecule has 0 saturated heterocycles. The van der Waals surface area contributed by atoms with Gasteiger partial charge in [0.05, 0.1) is 4.92 Å². The number of nitrogens with one attached hydrogen (secondary N) is 1. The average Bonchev–Trinajstić information content (AvgIpc) is 2.82. The fraction of sp³-hybridized carbons (Fsp3) is 0.125. The zero-order chi connectivity index (χ0) is 23.8. The molecule has 9 heteroatoms. The van der Waals surface area contributed by atoms with Crippen LogP contribution in [0.2, 0.25) is 0 Å². The van der Waals surface area contributed by atoms with E-state index in [0.29, 0.717) is 22.6 Å². The Labute approximate surface area is 189 Å². The van der Waals surface area contributed by atoms with E-state index in [4.69, 9.17) is 9.47 Å². The molecule has 1 N–H and O–H groups in total. The minimum Gasteiger partial charge on any atom is -0.457 e. The highest BCUT2D eigenvalue weighted by Gasteiger charge is 2.13. The van der Waals surface area contributed by atoms with Gasteiger partial charge < -0.3 is 14.8 Å². The van der Waals surface area contributed by atoms with Crippen molar-refractivity contribution in [2.75, 3.05) is 13.2 Å². The van der Waals surface area contributed by atoms with Crippen molar-refractivity contribution < 1.29 is 28.8 Å². The number of esters is 1. The fourth-order valence-corrected chi connectivity index (χ4v) is 2.72. The molecule has 3 aromatic rings. The number of ether oxygens (including phenoxy) is 2. The van der Waals surface area contributed by atoms with Gasteiger partial charge >= 0.3 is 5.97 Å². The molecule has 0 aliphatic carbocycles. The Bertz CT molecular complexity index is 1150. The van der Waals surface area contributed by atoms with Crippen molar-refractivity contribution in [3.8, 4) is 11.5 Å². The number of amides is 1. The van der Waals surface area contributed by atoms with Gasteiger partial charge in [-0.05, 0) is 55.5 Å². The third-order valence-corrected chi connectivity index (χ3v) is 4.53. The van der Waals surface area contributed by atoms with E-state index in [2.05, 4.69) is 5.32 Å². The molecule has 0 bridgehead atoms. The molecule has 3 rings (SSSR count). The molecule has 0 atom stereocenters. The second-order valence-corrected chi connectivity index (χ2v) is 7.01. The van der Waals surface area contributed by atoms with Gasteiger partial charge in [-0.15, -0.1) is 0 Å². The number of hydrogen-bond donors (Lipinski definition) is 1. The summed E-state index contributed by atoms with van der Waals surface area (Å²) < 4.78 is 10.5. The van der Waals surface area contributed by atoms with E-state index >= 15 is 0 Å². The molecule has 33 heavy (non-hydrogen) atoms. The molecular weight excluding hydrogens is 428 g/mol. The van der Waals surface area contributed by atoms with Crippen molar-refractivity contribution >= 4 is 23.3 Å². The van der Waals surface area contributed by atoms with Crippen molar-refractivity contribution in [3.63, 3.8) is 0 Å². The zero-order valence-corrected chi connectivity index (χ0v) is 17.6. The minimum atomic E-state index is -0.734. The predicted molar refractivity (Wildman–Crippen MR) is 118 cm³/mol. The van der Waals surface area contributed by atoms with Gasteiger partial charge in [-0.1, -0.05) is 17.7 Å². The van der Waals surface area contributed by atoms with Crippen LogP contribution in [0.5, 0.6) is 11.5 Å². The highest BCUT2D eigenvalue weighted by Crippen LogP contribution is 2.24. The number of rotatable bonds is 9. The number of hydrogen-bond acceptors (Lipinski definition) is 7. The third-order valence-electron chi connectivity index (χ3n) is 4.53. The summed E-state index contributed by atoms with van der Waals surface area (Å²) >= 11 is 0. The van der Waals surface area contributed by atoms with E-state index < -0.39 is 29.2 Å². The minimum absolute atomic E-state index is 0.0486. The van der Waals surface area contributed by atoms with Crippen molar-refractivity contribution in [1.29, 1.82) is 0 Å². The summed E-state index contributed by atoms with van der Waals surface area (Å²) in [5.74, 6) is -0.739. The number of benzene rings is 3. The highest BCUT2D eigenvalue weighted by atomic mass is 16.6. The summed E-state index contributed by atoms with van der Waals surface area (Å²) in [7, 11) is 0. The summed E-state index contributed by atoms with van der Waals surface area (Å²) in [5.41, 5.74) is 1.69. The van der Waals surface area contributed by atoms with Crippen LogP contribution in [0, 0.1) is 17.0 Å². The predicted octanol–water partition coefficient (Wildman–Crippen LogP) is 3.85. The number of nitro groups is 1. The second kappa shape index (κ2) is 10.7. The molecule has 0 aromatic heterocycles. The molecule has 0 aliphatic rings. The van der Waals surface area contributed by atoms with Crippen molar-refractivity contribution in [1.82, 2.24) is 5.32 Å². The Morgan fingerprint density at radius 1 is 0.848 bits per heavy atom. The lowest BCUT2D eigenvalue weighted by atomic mass is 10.1. The van der Waals surface area contributed by atoms with Crippen LogP contribution in [0.3, 0.4) is 0 Å². The van der Waals surface area contributed by atoms with Crippen molar-refractivity contribution in [2.45, 2.75) is 6.92 Å². The Kier molecular flexibility index (Phi) is 7.48. The first-order chi connectivity index (χ1) is 15.8. The van der Waals surface area contributed by atoms with Gasteiger partial charge in [0.2, 0.25) is 0 Å². The molecule has 0 saturated carbocycles. The molecule has 0 fully saturated rings. The zero-order valence-electron chi connectivity index (χ0n) is 17.6. The lowest BCUT2D eigenvalue weighted by Gasteiger charge is -2.08. The average molecular weight is 448 g/mol. The molecule has 0 heterocycles. The fourth-order valence-electron chi connectivity index (χ4n) is 2.72. The van der Waals surface area contributed by atoms with Crippen LogP contribution in [0.1, 0.15) is 26.3 Å². The van der Waals surface area contributed by atoms with Crippen LogP contribution in [0.25, 0.3) is 0 Å². The number of non-ortho nitro benzene ring substituents is 1. The molecular formula is C24H20N2O7. The number of carbonyl (C=O) groups excluding carboxylic acids is 3. The standard InChI is InChI=1S/C24H20N2O7/c1-16-2-4-18(5-3-16)24(29)25-14-23(28)32-15-22(27)17-6-10-20(11-7-17)33-21-12-8-19(9-13-21)26(30)31/h2-13H,14-15H2,1H3,(H,25,29). The summed E-state index contributed by atoms with van der Waals surface area (Å²) in [5, 5.41) is 13.1. The molecule has 0 radical (unpaired) electrons. The first kappa shape index (κ1) is 23.1. The van der Waals surface area contributed by atoms with Crippen molar-refractivity contribution in [3.05, 3.63) is 99.6 Å². The molecule has 9 nitrogen and oxygen atoms in total. The first-order valence-electron chi connectivity index (χ1n) is 9.88. The summed E-state index contributed by atoms with van der Waals surface area (Å²) in [6.45, 7) is 1.07. The number of nitrogens with zero attached hydrogens (tertiary/aromatic N) is 1. The molecule has 0 spiro atoms. The quantitative estimate of drug-likeness (QED) is 0.228. The summed E-state index contributed by atoms with van der Waals surface area (Å²) in [6.07, 6.45) is 0. The molecule has 168 valence electrons. The Balaban J connectivity index is 1.45. The van der Waals surface area contributed by atoms with Gasteiger partial charge in [-0.2, -0.15) is 0 Å². The SMILES string of the molecule is Cc1ccc(C(=O)NCC(=O)OCC(=O)c2ccc(Oc3ccc([N+](=O)[O-])cc3)cc2)cc1. The lowest BCUT2D eigenvalue weighted by molar-refractivity contribution is -0.384. The first-order valence-corrected chi connectivity index (χ1v) is 9.88. The van der Waals surface area contributed by atoms with E-state index in [1.807, 2.05) is 6.92 Å². The maximum absolute atomic E-state index is 12.2. The maximum atomic E-state index is 12.2. The Morgan fingerprint density at radius 2 is 1.39 bits per heavy atom. The Hall–Kier alpha value is -4.53. The van der Waals surface area contributed by atoms with Gasteiger partial charge in [0.15, 0.2) is 12.4 Å². The molecule has 0 unspecified atom stereocenters. The van der Waals surface area contributed by atoms with Gasteiger partial charge in [0.1, 0.15) is 18.0 Å². The Morgan fingerprint density at radius 3 is 1.97 bits per heavy atom. The molecule has 0 aliphatic heterocycles. The number of carbonyl (C=O) groups is 3. The van der Waals surface area contributed by atoms with Crippen LogP contribution in [0.4, 0.5) is 5.69 Å². The monoisotopic (exact) mass is 448 g/mol. The highest BCUT2D eigenvalue weighted by molar-refractivity contribution is 5.99. The van der Waals surface area contributed by atoms with Crippen LogP contribution in [-0.2, 0) is 9.53 Å². The number of nitro benzene ring substituents is 1. The second-order valence-electron chi connectivity index (χ2n) is 7.01. The largest absolute Gasteiger partial charge is 0.457 e. The van der Waals surface area contributed by atoms with Gasteiger partial charge in [-0.3, -0.25) is 24.5 Å². The molecule has 1 amide bonds. The van der Waals surface area contributed by atoms with Crippen LogP contribution in [0.15, 0.2) is 72.8 Å². The van der Waals surface area contributed by atoms with Crippen LogP contribution < -0.4 is 10.1 Å². The van der Waals surface area contributed by atoms with Gasteiger partial charge in [0, 0.05) is 23.3 Å². The third kappa shape index (κ3) is 6.73. The summed E-state index contributed by atoms with van der Waals surface area (Å²) in [6, 6.07) is 18.6. The van der Waals surface area contributed by atoms with Crippen LogP contribution >= 0.6 is 0 Å². The van der Waals surface area contributed by atoms with Crippen molar-refractivity contribution in [2.24, 2.45) is 0 Å². The van der Waals surface area contributed by atoms with E-state index in [0.717, 1.165) is 5.56 Å². The number of ketones is 1. The maximum Gasteiger partial charge on any atom is 0.325 e. The lowest BCUT2D eigenvalue weighted by Crippen LogP contribution is -2.31. The van der Waals surface area contributed by atoms with Gasteiger partial charge in [-0.25, -0.2) is 0 Å². The summed E-state index contributed by atoms with van der Waals surface area (Å²) in [4.78, 5) is 46.3. The van der Waals surface area contributed by atoms with E-state index in [9.17, 15) is 24.5 Å². The van der Waals surface area contributed by atoms with E-state index in [1.165, 1.54) is 36.4 Å². The number of Topliss-reactive ketones (excluding diaryl/α,β-unsaturated/α-hetero) is 1.